The fraction of sp³-hybridized carbons (Fsp3) is 0. The molecule has 0 radical (unpaired) electrons. The molecule has 5 heavy (non-hydrogen) atoms. The Hall–Kier alpha value is 1.35. The minimum absolute atomic E-state index is 0. The molecule has 0 amide bonds. The zero-order chi connectivity index (χ0) is 0. The van der Waals surface area contributed by atoms with E-state index in [1.54, 1.807) is 0 Å². The Balaban J connectivity index is 0. The molecular formula is H5Cl3FeO. The van der Waals surface area contributed by atoms with Gasteiger partial charge in [-0.25, -0.2) is 0 Å². The average molecular weight is 183 g/mol. The third-order valence-corrected chi connectivity index (χ3v) is 0. The van der Waals surface area contributed by atoms with Gasteiger partial charge in [0.15, 0.2) is 0 Å². The van der Waals surface area contributed by atoms with Gasteiger partial charge in [0, 0.05) is 17.1 Å². The fourth-order valence-electron chi connectivity index (χ4n) is 0. The van der Waals surface area contributed by atoms with Gasteiger partial charge in [-0.15, -0.1) is 37.2 Å². The molecule has 0 unspecified atom stereocenters. The summed E-state index contributed by atoms with van der Waals surface area (Å²) in [5.41, 5.74) is 0. The summed E-state index contributed by atoms with van der Waals surface area (Å²) in [6.45, 7) is 0. The molecule has 0 bridgehead atoms. The van der Waals surface area contributed by atoms with Crippen molar-refractivity contribution in [3.63, 3.8) is 0 Å². The first kappa shape index (κ1) is 99.8. The molecule has 0 saturated heterocycles. The van der Waals surface area contributed by atoms with Crippen molar-refractivity contribution in [2.24, 2.45) is 0 Å². The van der Waals surface area contributed by atoms with Crippen LogP contribution in [0.5, 0.6) is 0 Å². The smallest absolute Gasteiger partial charge is 0 e. The van der Waals surface area contributed by atoms with E-state index >= 15 is 0 Å². The molecular weight excluding hydrogens is 178 g/mol. The Labute approximate surface area is 59.9 Å². The SMILES string of the molecule is Cl.Cl.Cl.O.[Fe]. The monoisotopic (exact) mass is 182 g/mol. The van der Waals surface area contributed by atoms with Gasteiger partial charge in [0.05, 0.1) is 0 Å². The van der Waals surface area contributed by atoms with Crippen LogP contribution < -0.4 is 0 Å². The Kier molecular flexibility index (Phi) is 1110. The number of rotatable bonds is 0. The maximum absolute atomic E-state index is 0. The normalized spacial score (nSPS) is 0. The summed E-state index contributed by atoms with van der Waals surface area (Å²) in [6.07, 6.45) is 0. The first-order chi connectivity index (χ1) is 0. The van der Waals surface area contributed by atoms with Crippen LogP contribution in [0.3, 0.4) is 0 Å². The second-order valence-electron chi connectivity index (χ2n) is 0. The van der Waals surface area contributed by atoms with E-state index in [1.165, 1.54) is 0 Å². The first-order valence-corrected chi connectivity index (χ1v) is 0. The molecule has 0 saturated carbocycles. The number of halogens is 3. The van der Waals surface area contributed by atoms with Crippen molar-refractivity contribution in [2.45, 2.75) is 0 Å². The molecule has 0 aliphatic carbocycles. The minimum Gasteiger partial charge on any atom is -0.412 e. The molecule has 0 rings (SSSR count). The average Bonchev–Trinajstić information content (AvgIpc) is 0. The topological polar surface area (TPSA) is 31.5 Å². The van der Waals surface area contributed by atoms with Crippen LogP contribution in [0.2, 0.25) is 0 Å². The van der Waals surface area contributed by atoms with E-state index in [0.29, 0.717) is 0 Å². The van der Waals surface area contributed by atoms with E-state index < -0.39 is 0 Å². The predicted octanol–water partition coefficient (Wildman–Crippen LogP) is 0.438. The largest absolute Gasteiger partial charge is 0.412 e. The zero-order valence-electron chi connectivity index (χ0n) is 2.08. The molecule has 0 aromatic rings. The Morgan fingerprint density at radius 3 is 0.600 bits per heavy atom. The van der Waals surface area contributed by atoms with Crippen molar-refractivity contribution in [1.29, 1.82) is 0 Å². The van der Waals surface area contributed by atoms with Gasteiger partial charge in [-0.3, -0.25) is 0 Å². The van der Waals surface area contributed by atoms with Crippen LogP contribution in [0, 0.1) is 0 Å². The van der Waals surface area contributed by atoms with Crippen molar-refractivity contribution in [1.82, 2.24) is 0 Å². The van der Waals surface area contributed by atoms with Crippen LogP contribution >= 0.6 is 37.2 Å². The summed E-state index contributed by atoms with van der Waals surface area (Å²) in [6, 6.07) is 0. The molecule has 0 fully saturated rings. The summed E-state index contributed by atoms with van der Waals surface area (Å²) >= 11 is 0. The van der Waals surface area contributed by atoms with Crippen molar-refractivity contribution >= 4 is 37.2 Å². The molecule has 1 nitrogen and oxygen atoms in total. The van der Waals surface area contributed by atoms with Crippen LogP contribution in [0.25, 0.3) is 0 Å². The molecule has 0 aromatic heterocycles. The molecule has 0 spiro atoms. The van der Waals surface area contributed by atoms with E-state index in [1.807, 2.05) is 0 Å². The molecule has 0 atom stereocenters. The summed E-state index contributed by atoms with van der Waals surface area (Å²) < 4.78 is 0. The van der Waals surface area contributed by atoms with Crippen LogP contribution in [0.1, 0.15) is 0 Å². The van der Waals surface area contributed by atoms with Crippen LogP contribution in [-0.4, -0.2) is 5.48 Å². The van der Waals surface area contributed by atoms with Crippen LogP contribution in [-0.2, 0) is 17.1 Å². The van der Waals surface area contributed by atoms with Gasteiger partial charge in [0.25, 0.3) is 0 Å². The van der Waals surface area contributed by atoms with Gasteiger partial charge in [0.1, 0.15) is 0 Å². The Morgan fingerprint density at radius 1 is 0.600 bits per heavy atom. The third kappa shape index (κ3) is 33.0. The molecule has 0 aliphatic rings. The summed E-state index contributed by atoms with van der Waals surface area (Å²) in [5.74, 6) is 0. The van der Waals surface area contributed by atoms with E-state index in [4.69, 9.17) is 0 Å². The predicted molar refractivity (Wildman–Crippen MR) is 25.4 cm³/mol. The van der Waals surface area contributed by atoms with E-state index in [9.17, 15) is 0 Å². The molecule has 5 heteroatoms. The minimum atomic E-state index is 0. The van der Waals surface area contributed by atoms with Gasteiger partial charge in [-0.05, 0) is 0 Å². The molecule has 0 aliphatic heterocycles. The van der Waals surface area contributed by atoms with Crippen molar-refractivity contribution in [3.05, 3.63) is 0 Å². The maximum Gasteiger partial charge on any atom is 0 e. The molecule has 40 valence electrons. The standard InChI is InChI=1S/3ClH.Fe.H2O/h3*1H;;1H2. The second kappa shape index (κ2) is 55.6. The third-order valence-electron chi connectivity index (χ3n) is 0. The molecule has 0 heterocycles. The van der Waals surface area contributed by atoms with Crippen LogP contribution in [0.4, 0.5) is 0 Å². The second-order valence-corrected chi connectivity index (χ2v) is 0. The molecule has 0 aromatic carbocycles. The summed E-state index contributed by atoms with van der Waals surface area (Å²) in [4.78, 5) is 0. The van der Waals surface area contributed by atoms with E-state index in [2.05, 4.69) is 0 Å². The zero-order valence-corrected chi connectivity index (χ0v) is 5.63. The summed E-state index contributed by atoms with van der Waals surface area (Å²) in [7, 11) is 0. The maximum atomic E-state index is 0. The van der Waals surface area contributed by atoms with Crippen LogP contribution in [0.15, 0.2) is 0 Å². The Morgan fingerprint density at radius 2 is 0.600 bits per heavy atom. The van der Waals surface area contributed by atoms with E-state index in [0.717, 1.165) is 0 Å². The van der Waals surface area contributed by atoms with Crippen molar-refractivity contribution in [3.8, 4) is 0 Å². The first-order valence-electron chi connectivity index (χ1n) is 0. The summed E-state index contributed by atoms with van der Waals surface area (Å²) in [5, 5.41) is 0. The molecule has 2 N–H and O–H groups in total. The fourth-order valence-corrected chi connectivity index (χ4v) is 0. The van der Waals surface area contributed by atoms with Gasteiger partial charge >= 0.3 is 0 Å². The quantitative estimate of drug-likeness (QED) is 0.488. The number of hydrogen-bond donors (Lipinski definition) is 0. The Bertz CT molecular complexity index is 6.85. The van der Waals surface area contributed by atoms with Crippen molar-refractivity contribution < 1.29 is 22.5 Å². The van der Waals surface area contributed by atoms with E-state index in [-0.39, 0.29) is 59.8 Å². The van der Waals surface area contributed by atoms with Crippen molar-refractivity contribution in [2.75, 3.05) is 0 Å². The number of hydrogen-bond acceptors (Lipinski definition) is 0. The van der Waals surface area contributed by atoms with Gasteiger partial charge in [0.2, 0.25) is 0 Å². The van der Waals surface area contributed by atoms with Gasteiger partial charge in [-0.1, -0.05) is 0 Å². The van der Waals surface area contributed by atoms with Gasteiger partial charge < -0.3 is 5.48 Å². The van der Waals surface area contributed by atoms with Gasteiger partial charge in [-0.2, -0.15) is 0 Å².